The average molecular weight is 338 g/mol. The molecule has 0 saturated heterocycles. The zero-order valence-electron chi connectivity index (χ0n) is 12.5. The van der Waals surface area contributed by atoms with Gasteiger partial charge in [0.25, 0.3) is 0 Å². The molecule has 0 radical (unpaired) electrons. The lowest BCUT2D eigenvalue weighted by Gasteiger charge is -2.18. The van der Waals surface area contributed by atoms with Gasteiger partial charge < -0.3 is 4.90 Å². The summed E-state index contributed by atoms with van der Waals surface area (Å²) in [5, 5.41) is 0. The third-order valence-electron chi connectivity index (χ3n) is 2.97. The van der Waals surface area contributed by atoms with Crippen molar-refractivity contribution in [1.29, 1.82) is 0 Å². The maximum absolute atomic E-state index is 12.8. The van der Waals surface area contributed by atoms with Crippen molar-refractivity contribution >= 4 is 15.9 Å². The zero-order valence-corrected chi connectivity index (χ0v) is 13.3. The molecule has 1 aromatic rings. The van der Waals surface area contributed by atoms with Crippen molar-refractivity contribution in [2.45, 2.75) is 31.0 Å². The fraction of sp³-hybridized carbons (Fsp3) is 0.462. The molecule has 9 heteroatoms. The fourth-order valence-electron chi connectivity index (χ4n) is 1.81. The maximum atomic E-state index is 12.8. The summed E-state index contributed by atoms with van der Waals surface area (Å²) in [6.45, 7) is 2.56. The van der Waals surface area contributed by atoms with E-state index in [1.807, 2.05) is 0 Å². The summed E-state index contributed by atoms with van der Waals surface area (Å²) in [6.07, 6.45) is -4.65. The minimum absolute atomic E-state index is 0.0798. The number of halogens is 3. The lowest BCUT2D eigenvalue weighted by Crippen LogP contribution is -2.44. The van der Waals surface area contributed by atoms with E-state index in [0.29, 0.717) is 6.07 Å². The van der Waals surface area contributed by atoms with Crippen LogP contribution in [0.3, 0.4) is 0 Å². The molecule has 0 aromatic heterocycles. The van der Waals surface area contributed by atoms with E-state index in [1.54, 1.807) is 0 Å². The van der Waals surface area contributed by atoms with E-state index in [2.05, 4.69) is 4.72 Å². The molecule has 1 rings (SSSR count). The Hall–Kier alpha value is -1.61. The number of rotatable bonds is 4. The summed E-state index contributed by atoms with van der Waals surface area (Å²) in [5.41, 5.74) is -1.11. The van der Waals surface area contributed by atoms with Crippen molar-refractivity contribution in [3.63, 3.8) is 0 Å². The van der Waals surface area contributed by atoms with Crippen LogP contribution < -0.4 is 4.72 Å². The summed E-state index contributed by atoms with van der Waals surface area (Å²) in [5.74, 6) is -0.508. The van der Waals surface area contributed by atoms with E-state index in [-0.39, 0.29) is 5.56 Å². The highest BCUT2D eigenvalue weighted by atomic mass is 32.2. The van der Waals surface area contributed by atoms with Crippen LogP contribution in [0.15, 0.2) is 23.1 Å². The van der Waals surface area contributed by atoms with Crippen molar-refractivity contribution in [2.24, 2.45) is 0 Å². The van der Waals surface area contributed by atoms with Crippen LogP contribution in [0.4, 0.5) is 13.2 Å². The van der Waals surface area contributed by atoms with Crippen LogP contribution in [0.2, 0.25) is 0 Å². The van der Waals surface area contributed by atoms with E-state index in [9.17, 15) is 26.4 Å². The number of carbonyl (C=O) groups excluding carboxylic acids is 1. The molecule has 0 heterocycles. The van der Waals surface area contributed by atoms with Crippen LogP contribution in [0, 0.1) is 6.92 Å². The van der Waals surface area contributed by atoms with Gasteiger partial charge in [-0.1, -0.05) is 6.07 Å². The summed E-state index contributed by atoms with van der Waals surface area (Å²) in [6, 6.07) is 1.62. The van der Waals surface area contributed by atoms with Crippen molar-refractivity contribution in [3.8, 4) is 0 Å². The van der Waals surface area contributed by atoms with Gasteiger partial charge in [-0.15, -0.1) is 0 Å². The number of hydrogen-bond acceptors (Lipinski definition) is 3. The number of amides is 1. The molecule has 1 atom stereocenters. The maximum Gasteiger partial charge on any atom is 0.416 e. The van der Waals surface area contributed by atoms with E-state index in [1.165, 1.54) is 32.8 Å². The molecule has 0 aliphatic heterocycles. The van der Waals surface area contributed by atoms with Gasteiger partial charge in [0.2, 0.25) is 15.9 Å². The molecule has 1 N–H and O–H groups in total. The zero-order chi connectivity index (χ0) is 17.3. The number of carbonyl (C=O) groups is 1. The second-order valence-corrected chi connectivity index (χ2v) is 6.76. The van der Waals surface area contributed by atoms with Gasteiger partial charge in [0, 0.05) is 14.1 Å². The first-order valence-corrected chi connectivity index (χ1v) is 7.76. The van der Waals surface area contributed by atoms with Gasteiger partial charge in [-0.3, -0.25) is 4.79 Å². The Labute approximate surface area is 127 Å². The monoisotopic (exact) mass is 338 g/mol. The summed E-state index contributed by atoms with van der Waals surface area (Å²) in [7, 11) is -1.34. The van der Waals surface area contributed by atoms with Crippen LogP contribution in [0.5, 0.6) is 0 Å². The van der Waals surface area contributed by atoms with E-state index < -0.39 is 38.6 Å². The molecular formula is C13H17F3N2O3S. The number of hydrogen-bond donors (Lipinski definition) is 1. The molecule has 0 fully saturated rings. The normalized spacial score (nSPS) is 13.8. The van der Waals surface area contributed by atoms with Crippen LogP contribution >= 0.6 is 0 Å². The number of nitrogens with zero attached hydrogens (tertiary/aromatic N) is 1. The van der Waals surface area contributed by atoms with E-state index >= 15 is 0 Å². The molecule has 0 aliphatic rings. The molecule has 0 spiro atoms. The number of likely N-dealkylation sites (N-methyl/N-ethyl adjacent to an activating group) is 1. The van der Waals surface area contributed by atoms with Gasteiger partial charge in [-0.2, -0.15) is 17.9 Å². The Kier molecular flexibility index (Phi) is 5.24. The lowest BCUT2D eigenvalue weighted by atomic mass is 10.1. The SMILES string of the molecule is Cc1ccc(S(=O)(=O)N[C@H](C)C(=O)N(C)C)cc1C(F)(F)F. The predicted octanol–water partition coefficient (Wildman–Crippen LogP) is 1.77. The van der Waals surface area contributed by atoms with Gasteiger partial charge in [-0.25, -0.2) is 8.42 Å². The number of benzene rings is 1. The van der Waals surface area contributed by atoms with Gasteiger partial charge >= 0.3 is 6.18 Å². The Morgan fingerprint density at radius 3 is 2.27 bits per heavy atom. The number of aryl methyl sites for hydroxylation is 1. The standard InChI is InChI=1S/C13H17F3N2O3S/c1-8-5-6-10(7-11(8)13(14,15)16)22(20,21)17-9(2)12(19)18(3)4/h5-7,9,17H,1-4H3/t9-/m1/s1. The van der Waals surface area contributed by atoms with Crippen molar-refractivity contribution in [3.05, 3.63) is 29.3 Å². The molecule has 22 heavy (non-hydrogen) atoms. The molecule has 1 amide bonds. The Morgan fingerprint density at radius 2 is 1.82 bits per heavy atom. The molecule has 1 aromatic carbocycles. The summed E-state index contributed by atoms with van der Waals surface area (Å²) >= 11 is 0. The molecule has 0 saturated carbocycles. The van der Waals surface area contributed by atoms with E-state index in [4.69, 9.17) is 0 Å². The smallest absolute Gasteiger partial charge is 0.347 e. The second-order valence-electron chi connectivity index (χ2n) is 5.05. The van der Waals surface area contributed by atoms with Crippen molar-refractivity contribution in [1.82, 2.24) is 9.62 Å². The van der Waals surface area contributed by atoms with Crippen molar-refractivity contribution < 1.29 is 26.4 Å². The summed E-state index contributed by atoms with van der Waals surface area (Å²) < 4.78 is 64.8. The second kappa shape index (κ2) is 6.25. The number of alkyl halides is 3. The highest BCUT2D eigenvalue weighted by molar-refractivity contribution is 7.89. The van der Waals surface area contributed by atoms with Gasteiger partial charge in [0.1, 0.15) is 0 Å². The molecule has 0 bridgehead atoms. The van der Waals surface area contributed by atoms with Gasteiger partial charge in [0.05, 0.1) is 16.5 Å². The first-order valence-electron chi connectivity index (χ1n) is 6.27. The fourth-order valence-corrected chi connectivity index (χ4v) is 3.03. The van der Waals surface area contributed by atoms with Crippen LogP contribution in [0.25, 0.3) is 0 Å². The average Bonchev–Trinajstić information content (AvgIpc) is 2.35. The topological polar surface area (TPSA) is 66.5 Å². The van der Waals surface area contributed by atoms with Crippen LogP contribution in [-0.4, -0.2) is 39.4 Å². The van der Waals surface area contributed by atoms with Gasteiger partial charge in [-0.05, 0) is 31.5 Å². The van der Waals surface area contributed by atoms with Crippen molar-refractivity contribution in [2.75, 3.05) is 14.1 Å². The third kappa shape index (κ3) is 4.20. The minimum Gasteiger partial charge on any atom is -0.347 e. The Morgan fingerprint density at radius 1 is 1.27 bits per heavy atom. The lowest BCUT2D eigenvalue weighted by molar-refractivity contribution is -0.138. The van der Waals surface area contributed by atoms with Crippen LogP contribution in [0.1, 0.15) is 18.1 Å². The largest absolute Gasteiger partial charge is 0.416 e. The minimum atomic E-state index is -4.65. The van der Waals surface area contributed by atoms with Crippen LogP contribution in [-0.2, 0) is 21.0 Å². The highest BCUT2D eigenvalue weighted by Crippen LogP contribution is 2.33. The Balaban J connectivity index is 3.17. The molecule has 0 unspecified atom stereocenters. The Bertz CT molecular complexity index is 670. The third-order valence-corrected chi connectivity index (χ3v) is 4.51. The quantitative estimate of drug-likeness (QED) is 0.910. The highest BCUT2D eigenvalue weighted by Gasteiger charge is 2.34. The first kappa shape index (κ1) is 18.4. The number of sulfonamides is 1. The first-order chi connectivity index (χ1) is 9.86. The number of nitrogens with one attached hydrogen (secondary N) is 1. The molecule has 5 nitrogen and oxygen atoms in total. The van der Waals surface area contributed by atoms with Gasteiger partial charge in [0.15, 0.2) is 0 Å². The van der Waals surface area contributed by atoms with E-state index in [0.717, 1.165) is 12.1 Å². The molecular weight excluding hydrogens is 321 g/mol. The molecule has 0 aliphatic carbocycles. The summed E-state index contributed by atoms with van der Waals surface area (Å²) in [4.78, 5) is 12.3. The predicted molar refractivity (Wildman–Crippen MR) is 74.7 cm³/mol. The molecule has 124 valence electrons.